The lowest BCUT2D eigenvalue weighted by Gasteiger charge is -2.09. The van der Waals surface area contributed by atoms with Crippen LogP contribution in [0.1, 0.15) is 16.8 Å². The van der Waals surface area contributed by atoms with Crippen molar-refractivity contribution in [1.82, 2.24) is 9.88 Å². The zero-order chi connectivity index (χ0) is 14.1. The molecule has 0 saturated heterocycles. The minimum atomic E-state index is 0.0116. The van der Waals surface area contributed by atoms with Crippen molar-refractivity contribution >= 4 is 32.6 Å². The lowest BCUT2D eigenvalue weighted by molar-refractivity contribution is 0.0828. The van der Waals surface area contributed by atoms with Gasteiger partial charge in [-0.15, -0.1) is 0 Å². The highest BCUT2D eigenvalue weighted by Gasteiger charge is 2.11. The second-order valence-corrected chi connectivity index (χ2v) is 5.88. The van der Waals surface area contributed by atoms with Gasteiger partial charge in [-0.25, -0.2) is 4.98 Å². The van der Waals surface area contributed by atoms with Crippen molar-refractivity contribution < 1.29 is 4.79 Å². The Morgan fingerprint density at radius 3 is 2.95 bits per heavy atom. The molecule has 3 rings (SSSR count). The molecule has 1 aliphatic carbocycles. The number of thiazole rings is 1. The van der Waals surface area contributed by atoms with E-state index in [1.54, 1.807) is 30.3 Å². The number of carbonyl (C=O) groups is 1. The van der Waals surface area contributed by atoms with E-state index in [0.29, 0.717) is 5.56 Å². The number of hydrogen-bond donors (Lipinski definition) is 1. The monoisotopic (exact) mass is 285 g/mol. The quantitative estimate of drug-likeness (QED) is 0.941. The molecule has 0 saturated carbocycles. The lowest BCUT2D eigenvalue weighted by Crippen LogP contribution is -2.21. The summed E-state index contributed by atoms with van der Waals surface area (Å²) in [5.74, 6) is 0.0116. The standard InChI is InChI=1S/C15H15N3OS/c1-18(2)14(19)10-7-8-12-13(9-10)20-15(17-12)16-11-5-3-4-6-11/h3-5,7-9H,6H2,1-2H3,(H,16,17). The Morgan fingerprint density at radius 2 is 2.25 bits per heavy atom. The summed E-state index contributed by atoms with van der Waals surface area (Å²) in [6.45, 7) is 0. The van der Waals surface area contributed by atoms with Crippen LogP contribution in [0.15, 0.2) is 42.1 Å². The summed E-state index contributed by atoms with van der Waals surface area (Å²) < 4.78 is 1.02. The van der Waals surface area contributed by atoms with Crippen LogP contribution in [0, 0.1) is 0 Å². The molecule has 0 unspecified atom stereocenters. The number of amides is 1. The Balaban J connectivity index is 1.89. The van der Waals surface area contributed by atoms with E-state index in [-0.39, 0.29) is 5.91 Å². The fraction of sp³-hybridized carbons (Fsp3) is 0.200. The highest BCUT2D eigenvalue weighted by Crippen LogP contribution is 2.28. The highest BCUT2D eigenvalue weighted by atomic mass is 32.1. The number of aromatic nitrogens is 1. The summed E-state index contributed by atoms with van der Waals surface area (Å²) in [4.78, 5) is 18.1. The molecule has 2 aromatic rings. The Kier molecular flexibility index (Phi) is 3.28. The molecule has 0 atom stereocenters. The summed E-state index contributed by atoms with van der Waals surface area (Å²) >= 11 is 1.57. The van der Waals surface area contributed by atoms with Gasteiger partial charge in [0.15, 0.2) is 5.13 Å². The van der Waals surface area contributed by atoms with Crippen LogP contribution < -0.4 is 5.32 Å². The Hall–Kier alpha value is -2.14. The number of nitrogens with one attached hydrogen (secondary N) is 1. The normalized spacial score (nSPS) is 13.6. The first-order valence-corrected chi connectivity index (χ1v) is 7.20. The van der Waals surface area contributed by atoms with Crippen molar-refractivity contribution in [3.8, 4) is 0 Å². The van der Waals surface area contributed by atoms with Gasteiger partial charge in [-0.2, -0.15) is 0 Å². The van der Waals surface area contributed by atoms with Crippen LogP contribution >= 0.6 is 11.3 Å². The van der Waals surface area contributed by atoms with Crippen LogP contribution in [0.3, 0.4) is 0 Å². The Labute approximate surface area is 121 Å². The molecule has 4 nitrogen and oxygen atoms in total. The highest BCUT2D eigenvalue weighted by molar-refractivity contribution is 7.22. The average molecular weight is 285 g/mol. The van der Waals surface area contributed by atoms with Crippen molar-refractivity contribution in [1.29, 1.82) is 0 Å². The van der Waals surface area contributed by atoms with Gasteiger partial charge in [0.1, 0.15) is 0 Å². The van der Waals surface area contributed by atoms with Gasteiger partial charge in [0, 0.05) is 31.8 Å². The van der Waals surface area contributed by atoms with Crippen molar-refractivity contribution in [3.05, 3.63) is 47.7 Å². The average Bonchev–Trinajstić information content (AvgIpc) is 3.05. The van der Waals surface area contributed by atoms with Crippen molar-refractivity contribution in [2.24, 2.45) is 0 Å². The molecule has 0 bridgehead atoms. The lowest BCUT2D eigenvalue weighted by atomic mass is 10.2. The Morgan fingerprint density at radius 1 is 1.40 bits per heavy atom. The zero-order valence-corrected chi connectivity index (χ0v) is 12.2. The molecule has 0 fully saturated rings. The minimum absolute atomic E-state index is 0.0116. The summed E-state index contributed by atoms with van der Waals surface area (Å²) in [6.07, 6.45) is 7.10. The van der Waals surface area contributed by atoms with Gasteiger partial charge in [0.2, 0.25) is 0 Å². The molecule has 1 amide bonds. The van der Waals surface area contributed by atoms with E-state index in [2.05, 4.69) is 16.4 Å². The van der Waals surface area contributed by atoms with E-state index in [4.69, 9.17) is 0 Å². The molecule has 0 aliphatic heterocycles. The zero-order valence-electron chi connectivity index (χ0n) is 11.4. The second kappa shape index (κ2) is 5.09. The van der Waals surface area contributed by atoms with Crippen LogP contribution in [-0.2, 0) is 0 Å². The SMILES string of the molecule is CN(C)C(=O)c1ccc2nc(NC3=CC=CC3)sc2c1. The number of rotatable bonds is 3. The van der Waals surface area contributed by atoms with Gasteiger partial charge in [-0.1, -0.05) is 23.5 Å². The third-order valence-electron chi connectivity index (χ3n) is 3.08. The summed E-state index contributed by atoms with van der Waals surface area (Å²) in [7, 11) is 3.51. The maximum absolute atomic E-state index is 12.0. The van der Waals surface area contributed by atoms with E-state index >= 15 is 0 Å². The van der Waals surface area contributed by atoms with Gasteiger partial charge in [-0.05, 0) is 24.3 Å². The van der Waals surface area contributed by atoms with Gasteiger partial charge in [0.05, 0.1) is 10.2 Å². The number of anilines is 1. The van der Waals surface area contributed by atoms with Gasteiger partial charge in [0.25, 0.3) is 5.91 Å². The van der Waals surface area contributed by atoms with Crippen molar-refractivity contribution in [2.75, 3.05) is 19.4 Å². The summed E-state index contributed by atoms with van der Waals surface area (Å²) in [6, 6.07) is 5.63. The molecule has 5 heteroatoms. The molecule has 102 valence electrons. The third-order valence-corrected chi connectivity index (χ3v) is 4.01. The maximum atomic E-state index is 12.0. The number of fused-ring (bicyclic) bond motifs is 1. The van der Waals surface area contributed by atoms with E-state index in [0.717, 1.165) is 27.5 Å². The third kappa shape index (κ3) is 2.44. The molecule has 20 heavy (non-hydrogen) atoms. The van der Waals surface area contributed by atoms with Crippen LogP contribution in [0.2, 0.25) is 0 Å². The smallest absolute Gasteiger partial charge is 0.253 e. The predicted octanol–water partition coefficient (Wildman–Crippen LogP) is 3.25. The van der Waals surface area contributed by atoms with Crippen LogP contribution in [0.4, 0.5) is 5.13 Å². The van der Waals surface area contributed by atoms with E-state index in [9.17, 15) is 4.79 Å². The van der Waals surface area contributed by atoms with E-state index in [1.807, 2.05) is 30.4 Å². The fourth-order valence-electron chi connectivity index (χ4n) is 2.05. The fourth-order valence-corrected chi connectivity index (χ4v) is 2.99. The molecule has 0 radical (unpaired) electrons. The second-order valence-electron chi connectivity index (χ2n) is 4.85. The molecule has 0 spiro atoms. The molecule has 1 aromatic heterocycles. The first-order chi connectivity index (χ1) is 9.63. The van der Waals surface area contributed by atoms with Crippen molar-refractivity contribution in [3.63, 3.8) is 0 Å². The molecular weight excluding hydrogens is 270 g/mol. The van der Waals surface area contributed by atoms with Crippen LogP contribution in [0.5, 0.6) is 0 Å². The Bertz CT molecular complexity index is 728. The molecule has 1 aromatic carbocycles. The van der Waals surface area contributed by atoms with E-state index in [1.165, 1.54) is 0 Å². The number of allylic oxidation sites excluding steroid dienone is 3. The van der Waals surface area contributed by atoms with Gasteiger partial charge >= 0.3 is 0 Å². The first kappa shape index (κ1) is 12.9. The number of nitrogens with zero attached hydrogens (tertiary/aromatic N) is 2. The predicted molar refractivity (Wildman–Crippen MR) is 83.1 cm³/mol. The van der Waals surface area contributed by atoms with Crippen LogP contribution in [-0.4, -0.2) is 29.9 Å². The van der Waals surface area contributed by atoms with Gasteiger partial charge < -0.3 is 10.2 Å². The number of hydrogen-bond acceptors (Lipinski definition) is 4. The molecular formula is C15H15N3OS. The summed E-state index contributed by atoms with van der Waals surface area (Å²) in [5, 5.41) is 4.18. The van der Waals surface area contributed by atoms with Crippen LogP contribution in [0.25, 0.3) is 10.2 Å². The molecule has 1 heterocycles. The van der Waals surface area contributed by atoms with Crippen molar-refractivity contribution in [2.45, 2.75) is 6.42 Å². The maximum Gasteiger partial charge on any atom is 0.253 e. The number of carbonyl (C=O) groups excluding carboxylic acids is 1. The van der Waals surface area contributed by atoms with Gasteiger partial charge in [-0.3, -0.25) is 4.79 Å². The number of benzene rings is 1. The first-order valence-electron chi connectivity index (χ1n) is 6.38. The molecule has 1 N–H and O–H groups in total. The largest absolute Gasteiger partial charge is 0.345 e. The van der Waals surface area contributed by atoms with E-state index < -0.39 is 0 Å². The topological polar surface area (TPSA) is 45.2 Å². The summed E-state index contributed by atoms with van der Waals surface area (Å²) in [5.41, 5.74) is 2.76. The molecule has 1 aliphatic rings. The minimum Gasteiger partial charge on any atom is -0.345 e.